The molecule has 2 aromatic carbocycles. The minimum atomic E-state index is -3.66. The maximum Gasteiger partial charge on any atom is 0.269 e. The SMILES string of the molecule is COc1ccc(CCCNS(=O)(=O)c2ccc([N+](=O)[O-])cc2)cc1. The predicted octanol–water partition coefficient (Wildman–Crippen LogP) is 2.51. The molecular formula is C16H18N2O5S. The molecule has 0 aliphatic rings. The molecule has 128 valence electrons. The molecule has 0 aliphatic heterocycles. The highest BCUT2D eigenvalue weighted by atomic mass is 32.2. The fourth-order valence-electron chi connectivity index (χ4n) is 2.12. The third-order valence-electron chi connectivity index (χ3n) is 3.45. The molecule has 0 radical (unpaired) electrons. The molecular weight excluding hydrogens is 332 g/mol. The van der Waals surface area contributed by atoms with Gasteiger partial charge in [-0.05, 0) is 42.7 Å². The van der Waals surface area contributed by atoms with Crippen molar-refractivity contribution in [3.63, 3.8) is 0 Å². The molecule has 0 aliphatic carbocycles. The van der Waals surface area contributed by atoms with Crippen molar-refractivity contribution >= 4 is 15.7 Å². The summed E-state index contributed by atoms with van der Waals surface area (Å²) in [5, 5.41) is 10.6. The predicted molar refractivity (Wildman–Crippen MR) is 89.6 cm³/mol. The van der Waals surface area contributed by atoms with Crippen LogP contribution in [0.15, 0.2) is 53.4 Å². The second-order valence-electron chi connectivity index (χ2n) is 5.10. The van der Waals surface area contributed by atoms with Gasteiger partial charge in [-0.15, -0.1) is 0 Å². The standard InChI is InChI=1S/C16H18N2O5S/c1-23-15-8-4-13(5-9-15)3-2-12-17-24(21,22)16-10-6-14(7-11-16)18(19)20/h4-11,17H,2-3,12H2,1H3. The van der Waals surface area contributed by atoms with Crippen molar-refractivity contribution in [3.05, 3.63) is 64.2 Å². The van der Waals surface area contributed by atoms with Gasteiger partial charge in [-0.1, -0.05) is 12.1 Å². The Bertz CT molecular complexity index is 786. The summed E-state index contributed by atoms with van der Waals surface area (Å²) in [4.78, 5) is 10.0. The van der Waals surface area contributed by atoms with Gasteiger partial charge in [-0.2, -0.15) is 0 Å². The summed E-state index contributed by atoms with van der Waals surface area (Å²) in [6, 6.07) is 12.4. The second-order valence-corrected chi connectivity index (χ2v) is 6.87. The highest BCUT2D eigenvalue weighted by Crippen LogP contribution is 2.16. The first-order valence-electron chi connectivity index (χ1n) is 7.29. The van der Waals surface area contributed by atoms with Crippen molar-refractivity contribution in [2.45, 2.75) is 17.7 Å². The highest BCUT2D eigenvalue weighted by molar-refractivity contribution is 7.89. The Hall–Kier alpha value is -2.45. The normalized spacial score (nSPS) is 11.2. The number of hydrogen-bond acceptors (Lipinski definition) is 5. The summed E-state index contributed by atoms with van der Waals surface area (Å²) in [5.41, 5.74) is 0.943. The number of nitrogens with zero attached hydrogens (tertiary/aromatic N) is 1. The van der Waals surface area contributed by atoms with Gasteiger partial charge in [0.05, 0.1) is 16.9 Å². The Labute approximate surface area is 140 Å². The van der Waals surface area contributed by atoms with E-state index in [0.29, 0.717) is 6.42 Å². The lowest BCUT2D eigenvalue weighted by Gasteiger charge is -2.07. The Morgan fingerprint density at radius 3 is 2.25 bits per heavy atom. The number of rotatable bonds is 8. The molecule has 0 bridgehead atoms. The van der Waals surface area contributed by atoms with Crippen LogP contribution in [-0.4, -0.2) is 27.0 Å². The van der Waals surface area contributed by atoms with Crippen LogP contribution in [0.3, 0.4) is 0 Å². The van der Waals surface area contributed by atoms with Crippen molar-refractivity contribution in [1.82, 2.24) is 4.72 Å². The monoisotopic (exact) mass is 350 g/mol. The second kappa shape index (κ2) is 7.89. The largest absolute Gasteiger partial charge is 0.497 e. The number of sulfonamides is 1. The van der Waals surface area contributed by atoms with Gasteiger partial charge in [0.1, 0.15) is 5.75 Å². The molecule has 0 heterocycles. The number of nitro groups is 1. The topological polar surface area (TPSA) is 98.5 Å². The van der Waals surface area contributed by atoms with E-state index in [-0.39, 0.29) is 17.1 Å². The highest BCUT2D eigenvalue weighted by Gasteiger charge is 2.15. The van der Waals surface area contributed by atoms with Crippen molar-refractivity contribution in [2.75, 3.05) is 13.7 Å². The first kappa shape index (κ1) is 17.9. The summed E-state index contributed by atoms with van der Waals surface area (Å²) in [6.07, 6.45) is 1.37. The van der Waals surface area contributed by atoms with E-state index < -0.39 is 14.9 Å². The minimum Gasteiger partial charge on any atom is -0.497 e. The maximum absolute atomic E-state index is 12.1. The summed E-state index contributed by atoms with van der Waals surface area (Å²) in [6.45, 7) is 0.283. The molecule has 0 amide bonds. The quantitative estimate of drug-likeness (QED) is 0.448. The maximum atomic E-state index is 12.1. The molecule has 1 N–H and O–H groups in total. The zero-order valence-corrected chi connectivity index (χ0v) is 14.0. The number of benzene rings is 2. The number of nitrogens with one attached hydrogen (secondary N) is 1. The van der Waals surface area contributed by atoms with E-state index in [1.807, 2.05) is 24.3 Å². The molecule has 0 aromatic heterocycles. The number of aryl methyl sites for hydroxylation is 1. The lowest BCUT2D eigenvalue weighted by atomic mass is 10.1. The third-order valence-corrected chi connectivity index (χ3v) is 4.93. The fourth-order valence-corrected chi connectivity index (χ4v) is 3.20. The fraction of sp³-hybridized carbons (Fsp3) is 0.250. The lowest BCUT2D eigenvalue weighted by molar-refractivity contribution is -0.384. The van der Waals surface area contributed by atoms with Gasteiger partial charge in [0.15, 0.2) is 0 Å². The molecule has 2 rings (SSSR count). The Kier molecular flexibility index (Phi) is 5.88. The van der Waals surface area contributed by atoms with Crippen molar-refractivity contribution < 1.29 is 18.1 Å². The van der Waals surface area contributed by atoms with Gasteiger partial charge in [-0.25, -0.2) is 13.1 Å². The first-order chi connectivity index (χ1) is 11.4. The summed E-state index contributed by atoms with van der Waals surface area (Å²) in [7, 11) is -2.06. The lowest BCUT2D eigenvalue weighted by Crippen LogP contribution is -2.25. The van der Waals surface area contributed by atoms with E-state index >= 15 is 0 Å². The van der Waals surface area contributed by atoms with Crippen LogP contribution in [0.5, 0.6) is 5.75 Å². The van der Waals surface area contributed by atoms with Crippen molar-refractivity contribution in [2.24, 2.45) is 0 Å². The van der Waals surface area contributed by atoms with Gasteiger partial charge < -0.3 is 4.74 Å². The third kappa shape index (κ3) is 4.77. The van der Waals surface area contributed by atoms with Gasteiger partial charge in [-0.3, -0.25) is 10.1 Å². The molecule has 0 atom stereocenters. The van der Waals surface area contributed by atoms with Crippen LogP contribution in [0.1, 0.15) is 12.0 Å². The van der Waals surface area contributed by atoms with Gasteiger partial charge >= 0.3 is 0 Å². The molecule has 0 spiro atoms. The van der Waals surface area contributed by atoms with Crippen LogP contribution in [0, 0.1) is 10.1 Å². The smallest absolute Gasteiger partial charge is 0.269 e. The number of nitro benzene ring substituents is 1. The van der Waals surface area contributed by atoms with E-state index in [9.17, 15) is 18.5 Å². The van der Waals surface area contributed by atoms with Gasteiger partial charge in [0, 0.05) is 18.7 Å². The summed E-state index contributed by atoms with van der Waals surface area (Å²) >= 11 is 0. The number of hydrogen-bond donors (Lipinski definition) is 1. The molecule has 0 saturated heterocycles. The Balaban J connectivity index is 1.86. The number of non-ortho nitro benzene ring substituents is 1. The van der Waals surface area contributed by atoms with Gasteiger partial charge in [0.2, 0.25) is 10.0 Å². The Morgan fingerprint density at radius 1 is 1.08 bits per heavy atom. The van der Waals surface area contributed by atoms with E-state index in [1.165, 1.54) is 24.3 Å². The van der Waals surface area contributed by atoms with Crippen LogP contribution in [0.25, 0.3) is 0 Å². The molecule has 2 aromatic rings. The molecule has 8 heteroatoms. The van der Waals surface area contributed by atoms with Crippen molar-refractivity contribution in [1.29, 1.82) is 0 Å². The summed E-state index contributed by atoms with van der Waals surface area (Å²) in [5.74, 6) is 0.776. The van der Waals surface area contributed by atoms with Crippen LogP contribution in [0.2, 0.25) is 0 Å². The molecule has 0 saturated carbocycles. The van der Waals surface area contributed by atoms with E-state index in [1.54, 1.807) is 7.11 Å². The van der Waals surface area contributed by atoms with E-state index in [2.05, 4.69) is 4.72 Å². The van der Waals surface area contributed by atoms with Crippen LogP contribution >= 0.6 is 0 Å². The summed E-state index contributed by atoms with van der Waals surface area (Å²) < 4.78 is 31.8. The minimum absolute atomic E-state index is 0.0116. The molecule has 7 nitrogen and oxygen atoms in total. The first-order valence-corrected chi connectivity index (χ1v) is 8.78. The van der Waals surface area contributed by atoms with Crippen LogP contribution in [-0.2, 0) is 16.4 Å². The van der Waals surface area contributed by atoms with Crippen molar-refractivity contribution in [3.8, 4) is 5.75 Å². The number of methoxy groups -OCH3 is 1. The molecule has 24 heavy (non-hydrogen) atoms. The average molecular weight is 350 g/mol. The number of ether oxygens (including phenoxy) is 1. The molecule has 0 unspecified atom stereocenters. The van der Waals surface area contributed by atoms with Crippen LogP contribution in [0.4, 0.5) is 5.69 Å². The van der Waals surface area contributed by atoms with Crippen LogP contribution < -0.4 is 9.46 Å². The average Bonchev–Trinajstić information content (AvgIpc) is 2.59. The molecule has 0 fully saturated rings. The van der Waals surface area contributed by atoms with Gasteiger partial charge in [0.25, 0.3) is 5.69 Å². The zero-order chi connectivity index (χ0) is 17.6. The Morgan fingerprint density at radius 2 is 1.71 bits per heavy atom. The zero-order valence-electron chi connectivity index (χ0n) is 13.1. The van der Waals surface area contributed by atoms with E-state index in [4.69, 9.17) is 4.74 Å². The van der Waals surface area contributed by atoms with E-state index in [0.717, 1.165) is 17.7 Å².